The highest BCUT2D eigenvalue weighted by Gasteiger charge is 2.22. The Morgan fingerprint density at radius 1 is 1.45 bits per heavy atom. The van der Waals surface area contributed by atoms with E-state index in [0.29, 0.717) is 35.4 Å². The van der Waals surface area contributed by atoms with Crippen LogP contribution in [-0.2, 0) is 4.79 Å². The molecule has 20 heavy (non-hydrogen) atoms. The first kappa shape index (κ1) is 14.6. The van der Waals surface area contributed by atoms with Gasteiger partial charge >= 0.3 is 0 Å². The van der Waals surface area contributed by atoms with Gasteiger partial charge in [-0.1, -0.05) is 11.3 Å². The van der Waals surface area contributed by atoms with Crippen molar-refractivity contribution in [1.82, 2.24) is 15.6 Å². The van der Waals surface area contributed by atoms with Gasteiger partial charge in [-0.25, -0.2) is 4.98 Å². The summed E-state index contributed by atoms with van der Waals surface area (Å²) in [5.74, 6) is 0.0314. The van der Waals surface area contributed by atoms with Gasteiger partial charge in [-0.15, -0.1) is 0 Å². The summed E-state index contributed by atoms with van der Waals surface area (Å²) in [5, 5.41) is 9.10. The number of amides is 2. The summed E-state index contributed by atoms with van der Waals surface area (Å²) in [6.45, 7) is 0.448. The largest absolute Gasteiger partial charge is 0.382 e. The second-order valence-electron chi connectivity index (χ2n) is 4.68. The molecule has 1 heterocycles. The third kappa shape index (κ3) is 4.09. The van der Waals surface area contributed by atoms with Crippen molar-refractivity contribution in [3.63, 3.8) is 0 Å². The van der Waals surface area contributed by atoms with Crippen LogP contribution < -0.4 is 21.7 Å². The number of hydrogen-bond acceptors (Lipinski definition) is 6. The minimum atomic E-state index is -0.246. The molecular formula is C12H19N5O2S. The van der Waals surface area contributed by atoms with Crippen LogP contribution in [0.25, 0.3) is 0 Å². The molecule has 0 radical (unpaired) electrons. The summed E-state index contributed by atoms with van der Waals surface area (Å²) < 4.78 is 0. The average Bonchev–Trinajstić information content (AvgIpc) is 3.14. The molecule has 5 N–H and O–H groups in total. The van der Waals surface area contributed by atoms with E-state index in [1.54, 1.807) is 7.05 Å². The van der Waals surface area contributed by atoms with Crippen LogP contribution in [0, 0.1) is 0 Å². The number of anilines is 2. The lowest BCUT2D eigenvalue weighted by Crippen LogP contribution is -2.28. The second-order valence-corrected chi connectivity index (χ2v) is 5.68. The standard InChI is InChI=1S/C12H19N5O2S/c1-14-12-17-10(13)9(20-12)11(19)15-6-2-3-8(18)16-7-4-5-7/h7H,2-6,13H2,1H3,(H,14,17)(H,15,19)(H,16,18). The van der Waals surface area contributed by atoms with E-state index in [2.05, 4.69) is 20.9 Å². The molecule has 0 bridgehead atoms. The van der Waals surface area contributed by atoms with Crippen LogP contribution in [0.4, 0.5) is 10.9 Å². The lowest BCUT2D eigenvalue weighted by molar-refractivity contribution is -0.121. The minimum Gasteiger partial charge on any atom is -0.382 e. The van der Waals surface area contributed by atoms with E-state index in [4.69, 9.17) is 5.73 Å². The van der Waals surface area contributed by atoms with Crippen LogP contribution in [0.1, 0.15) is 35.4 Å². The second kappa shape index (κ2) is 6.56. The smallest absolute Gasteiger partial charge is 0.265 e. The SMILES string of the molecule is CNc1nc(N)c(C(=O)NCCCC(=O)NC2CC2)s1. The van der Waals surface area contributed by atoms with Gasteiger partial charge in [0.25, 0.3) is 5.91 Å². The summed E-state index contributed by atoms with van der Waals surface area (Å²) in [7, 11) is 1.72. The molecule has 8 heteroatoms. The quantitative estimate of drug-likeness (QED) is 0.550. The summed E-state index contributed by atoms with van der Waals surface area (Å²) in [6, 6.07) is 0.383. The molecule has 1 aromatic heterocycles. The van der Waals surface area contributed by atoms with Crippen molar-refractivity contribution >= 4 is 34.1 Å². The Morgan fingerprint density at radius 3 is 2.80 bits per heavy atom. The Kier molecular flexibility index (Phi) is 4.78. The van der Waals surface area contributed by atoms with E-state index in [1.165, 1.54) is 11.3 Å². The highest BCUT2D eigenvalue weighted by Crippen LogP contribution is 2.24. The molecule has 0 atom stereocenters. The molecule has 2 rings (SSSR count). The zero-order chi connectivity index (χ0) is 14.5. The molecule has 1 aliphatic carbocycles. The van der Waals surface area contributed by atoms with Crippen molar-refractivity contribution < 1.29 is 9.59 Å². The van der Waals surface area contributed by atoms with Gasteiger partial charge in [0.1, 0.15) is 10.7 Å². The number of hydrogen-bond donors (Lipinski definition) is 4. The molecular weight excluding hydrogens is 278 g/mol. The number of nitrogens with one attached hydrogen (secondary N) is 3. The third-order valence-electron chi connectivity index (χ3n) is 2.88. The van der Waals surface area contributed by atoms with Crippen LogP contribution in [0.15, 0.2) is 0 Å². The van der Waals surface area contributed by atoms with E-state index in [9.17, 15) is 9.59 Å². The van der Waals surface area contributed by atoms with Crippen LogP contribution >= 0.6 is 11.3 Å². The highest BCUT2D eigenvalue weighted by atomic mass is 32.1. The van der Waals surface area contributed by atoms with Crippen LogP contribution in [0.5, 0.6) is 0 Å². The molecule has 110 valence electrons. The monoisotopic (exact) mass is 297 g/mol. The van der Waals surface area contributed by atoms with Crippen molar-refractivity contribution in [3.8, 4) is 0 Å². The van der Waals surface area contributed by atoms with E-state index in [1.807, 2.05) is 0 Å². The normalized spacial score (nSPS) is 13.8. The summed E-state index contributed by atoms with van der Waals surface area (Å²) in [6.07, 6.45) is 3.21. The first-order valence-corrected chi connectivity index (χ1v) is 7.43. The summed E-state index contributed by atoms with van der Waals surface area (Å²) in [5.41, 5.74) is 5.67. The first-order valence-electron chi connectivity index (χ1n) is 6.61. The van der Waals surface area contributed by atoms with E-state index in [-0.39, 0.29) is 17.6 Å². The van der Waals surface area contributed by atoms with E-state index >= 15 is 0 Å². The number of thiazole rings is 1. The number of nitrogens with zero attached hydrogens (tertiary/aromatic N) is 1. The third-order valence-corrected chi connectivity index (χ3v) is 3.97. The highest BCUT2D eigenvalue weighted by molar-refractivity contribution is 7.18. The van der Waals surface area contributed by atoms with Gasteiger partial charge in [-0.05, 0) is 19.3 Å². The molecule has 2 amide bonds. The van der Waals surface area contributed by atoms with Crippen LogP contribution in [0.2, 0.25) is 0 Å². The molecule has 0 aliphatic heterocycles. The Bertz CT molecular complexity index is 498. The predicted molar refractivity (Wildman–Crippen MR) is 78.8 cm³/mol. The molecule has 0 spiro atoms. The minimum absolute atomic E-state index is 0.0523. The number of carbonyl (C=O) groups is 2. The number of nitrogen functional groups attached to an aromatic ring is 1. The fraction of sp³-hybridized carbons (Fsp3) is 0.583. The molecule has 1 aliphatic rings. The zero-order valence-electron chi connectivity index (χ0n) is 11.4. The van der Waals surface area contributed by atoms with Crippen molar-refractivity contribution in [1.29, 1.82) is 0 Å². The summed E-state index contributed by atoms with van der Waals surface area (Å²) in [4.78, 5) is 27.7. The maximum Gasteiger partial charge on any atom is 0.265 e. The number of nitrogens with two attached hydrogens (primary N) is 1. The van der Waals surface area contributed by atoms with Gasteiger partial charge in [-0.2, -0.15) is 0 Å². The molecule has 7 nitrogen and oxygen atoms in total. The number of aromatic nitrogens is 1. The molecule has 1 fully saturated rings. The van der Waals surface area contributed by atoms with Gasteiger partial charge in [0.15, 0.2) is 5.13 Å². The van der Waals surface area contributed by atoms with Gasteiger partial charge < -0.3 is 21.7 Å². The number of rotatable bonds is 7. The molecule has 0 saturated heterocycles. The van der Waals surface area contributed by atoms with Crippen molar-refractivity contribution in [2.24, 2.45) is 0 Å². The molecule has 0 aromatic carbocycles. The summed E-state index contributed by atoms with van der Waals surface area (Å²) >= 11 is 1.21. The fourth-order valence-corrected chi connectivity index (χ4v) is 2.41. The van der Waals surface area contributed by atoms with Gasteiger partial charge in [0.2, 0.25) is 5.91 Å². The Balaban J connectivity index is 1.68. The Hall–Kier alpha value is -1.83. The Labute approximate surface area is 121 Å². The van der Waals surface area contributed by atoms with Gasteiger partial charge in [-0.3, -0.25) is 9.59 Å². The zero-order valence-corrected chi connectivity index (χ0v) is 12.2. The van der Waals surface area contributed by atoms with Crippen molar-refractivity contribution in [2.75, 3.05) is 24.6 Å². The van der Waals surface area contributed by atoms with Gasteiger partial charge in [0, 0.05) is 26.1 Å². The molecule has 1 aromatic rings. The van der Waals surface area contributed by atoms with Crippen molar-refractivity contribution in [3.05, 3.63) is 4.88 Å². The predicted octanol–water partition coefficient (Wildman–Crippen LogP) is 0.556. The van der Waals surface area contributed by atoms with Crippen molar-refractivity contribution in [2.45, 2.75) is 31.7 Å². The topological polar surface area (TPSA) is 109 Å². The van der Waals surface area contributed by atoms with E-state index in [0.717, 1.165) is 12.8 Å². The number of carbonyl (C=O) groups excluding carboxylic acids is 2. The average molecular weight is 297 g/mol. The fourth-order valence-electron chi connectivity index (χ4n) is 1.66. The van der Waals surface area contributed by atoms with Gasteiger partial charge in [0.05, 0.1) is 0 Å². The maximum absolute atomic E-state index is 11.9. The molecule has 1 saturated carbocycles. The van der Waals surface area contributed by atoms with E-state index < -0.39 is 0 Å². The maximum atomic E-state index is 11.9. The lowest BCUT2D eigenvalue weighted by atomic mass is 10.3. The lowest BCUT2D eigenvalue weighted by Gasteiger charge is -2.04. The molecule has 0 unspecified atom stereocenters. The van der Waals surface area contributed by atoms with Crippen LogP contribution in [0.3, 0.4) is 0 Å². The first-order chi connectivity index (χ1) is 9.60. The Morgan fingerprint density at radius 2 is 2.20 bits per heavy atom. The van der Waals surface area contributed by atoms with Crippen LogP contribution in [-0.4, -0.2) is 36.4 Å².